The molecule has 0 fully saturated rings. The van der Waals surface area contributed by atoms with E-state index in [0.717, 1.165) is 21.9 Å². The molecule has 3 heteroatoms. The van der Waals surface area contributed by atoms with Crippen LogP contribution < -0.4 is 4.74 Å². The van der Waals surface area contributed by atoms with Crippen molar-refractivity contribution in [1.29, 1.82) is 0 Å². The van der Waals surface area contributed by atoms with Crippen LogP contribution in [-0.2, 0) is 0 Å². The molecule has 0 aliphatic rings. The highest BCUT2D eigenvalue weighted by Crippen LogP contribution is 2.32. The third kappa shape index (κ3) is 2.56. The topological polar surface area (TPSA) is 49.7 Å². The van der Waals surface area contributed by atoms with Crippen LogP contribution in [0.15, 0.2) is 60.7 Å². The van der Waals surface area contributed by atoms with Crippen molar-refractivity contribution in [2.75, 3.05) is 7.11 Å². The highest BCUT2D eigenvalue weighted by molar-refractivity contribution is 5.87. The van der Waals surface area contributed by atoms with Gasteiger partial charge >= 0.3 is 0 Å². The van der Waals surface area contributed by atoms with Gasteiger partial charge in [0, 0.05) is 0 Å². The van der Waals surface area contributed by atoms with E-state index in [1.165, 1.54) is 0 Å². The van der Waals surface area contributed by atoms with Gasteiger partial charge in [0.1, 0.15) is 17.6 Å². The maximum atomic E-state index is 10.7. The van der Waals surface area contributed by atoms with Crippen LogP contribution in [0.25, 0.3) is 10.8 Å². The van der Waals surface area contributed by atoms with E-state index in [1.807, 2.05) is 48.5 Å². The number of phenols is 1. The number of aliphatic hydroxyl groups is 1. The Labute approximate surface area is 123 Å². The van der Waals surface area contributed by atoms with Crippen LogP contribution in [-0.4, -0.2) is 17.3 Å². The fourth-order valence-corrected chi connectivity index (χ4v) is 2.51. The van der Waals surface area contributed by atoms with Crippen molar-refractivity contribution in [2.45, 2.75) is 6.10 Å². The van der Waals surface area contributed by atoms with Crippen LogP contribution in [0.4, 0.5) is 0 Å². The Hall–Kier alpha value is -2.52. The van der Waals surface area contributed by atoms with Gasteiger partial charge in [0.05, 0.1) is 7.11 Å². The highest BCUT2D eigenvalue weighted by atomic mass is 16.5. The Bertz CT molecular complexity index is 780. The third-order valence-corrected chi connectivity index (χ3v) is 3.60. The summed E-state index contributed by atoms with van der Waals surface area (Å²) in [6.45, 7) is 0. The molecule has 0 aliphatic carbocycles. The van der Waals surface area contributed by atoms with Gasteiger partial charge in [-0.25, -0.2) is 0 Å². The zero-order chi connectivity index (χ0) is 14.8. The van der Waals surface area contributed by atoms with E-state index < -0.39 is 6.10 Å². The van der Waals surface area contributed by atoms with Crippen LogP contribution in [0.5, 0.6) is 11.5 Å². The molecule has 0 heterocycles. The van der Waals surface area contributed by atoms with Gasteiger partial charge in [0.15, 0.2) is 0 Å². The number of benzene rings is 3. The van der Waals surface area contributed by atoms with Gasteiger partial charge in [-0.3, -0.25) is 0 Å². The van der Waals surface area contributed by atoms with Crippen LogP contribution >= 0.6 is 0 Å². The van der Waals surface area contributed by atoms with Gasteiger partial charge in [-0.15, -0.1) is 0 Å². The fraction of sp³-hybridized carbons (Fsp3) is 0.111. The van der Waals surface area contributed by atoms with Crippen molar-refractivity contribution in [1.82, 2.24) is 0 Å². The number of ether oxygens (including phenoxy) is 1. The Balaban J connectivity index is 2.12. The molecule has 0 spiro atoms. The largest absolute Gasteiger partial charge is 0.508 e. The van der Waals surface area contributed by atoms with E-state index in [1.54, 1.807) is 19.2 Å². The third-order valence-electron chi connectivity index (χ3n) is 3.60. The van der Waals surface area contributed by atoms with Crippen LogP contribution in [0.3, 0.4) is 0 Å². The molecule has 0 saturated heterocycles. The van der Waals surface area contributed by atoms with E-state index in [4.69, 9.17) is 4.74 Å². The molecule has 21 heavy (non-hydrogen) atoms. The summed E-state index contributed by atoms with van der Waals surface area (Å²) in [5, 5.41) is 22.2. The van der Waals surface area contributed by atoms with Gasteiger partial charge < -0.3 is 14.9 Å². The number of hydrogen-bond donors (Lipinski definition) is 2. The van der Waals surface area contributed by atoms with Crippen LogP contribution in [0.2, 0.25) is 0 Å². The number of aliphatic hydroxyl groups excluding tert-OH is 1. The molecule has 1 atom stereocenters. The molecule has 0 aliphatic heterocycles. The van der Waals surface area contributed by atoms with E-state index in [0.29, 0.717) is 5.75 Å². The quantitative estimate of drug-likeness (QED) is 0.770. The van der Waals surface area contributed by atoms with Crippen LogP contribution in [0, 0.1) is 0 Å². The number of methoxy groups -OCH3 is 1. The highest BCUT2D eigenvalue weighted by Gasteiger charge is 2.14. The molecule has 0 bridgehead atoms. The number of rotatable bonds is 3. The smallest absolute Gasteiger partial charge is 0.119 e. The first-order valence-electron chi connectivity index (χ1n) is 6.72. The SMILES string of the molecule is COc1cccc(C(O)c2cccc3ccc(O)cc23)c1. The number of phenolic OH excluding ortho intramolecular Hbond substituents is 1. The molecule has 0 amide bonds. The average Bonchev–Trinajstić information content (AvgIpc) is 2.53. The Morgan fingerprint density at radius 2 is 1.76 bits per heavy atom. The summed E-state index contributed by atoms with van der Waals surface area (Å²) < 4.78 is 5.20. The van der Waals surface area contributed by atoms with E-state index in [-0.39, 0.29) is 5.75 Å². The molecular formula is C18H16O3. The maximum absolute atomic E-state index is 10.7. The van der Waals surface area contributed by atoms with E-state index >= 15 is 0 Å². The lowest BCUT2D eigenvalue weighted by Gasteiger charge is -2.15. The van der Waals surface area contributed by atoms with Gasteiger partial charge in [-0.2, -0.15) is 0 Å². The van der Waals surface area contributed by atoms with Gasteiger partial charge in [-0.05, 0) is 46.2 Å². The zero-order valence-corrected chi connectivity index (χ0v) is 11.7. The second-order valence-corrected chi connectivity index (χ2v) is 4.93. The van der Waals surface area contributed by atoms with E-state index in [2.05, 4.69) is 0 Å². The van der Waals surface area contributed by atoms with Gasteiger partial charge in [-0.1, -0.05) is 36.4 Å². The minimum absolute atomic E-state index is 0.188. The van der Waals surface area contributed by atoms with Crippen molar-refractivity contribution in [3.8, 4) is 11.5 Å². The van der Waals surface area contributed by atoms with Crippen molar-refractivity contribution in [3.63, 3.8) is 0 Å². The lowest BCUT2D eigenvalue weighted by atomic mass is 9.95. The first-order valence-corrected chi connectivity index (χ1v) is 6.72. The molecule has 2 N–H and O–H groups in total. The van der Waals surface area contributed by atoms with Crippen LogP contribution in [0.1, 0.15) is 17.2 Å². The zero-order valence-electron chi connectivity index (χ0n) is 11.7. The summed E-state index contributed by atoms with van der Waals surface area (Å²) in [6.07, 6.45) is -0.773. The Morgan fingerprint density at radius 3 is 2.57 bits per heavy atom. The molecule has 106 valence electrons. The summed E-state index contributed by atoms with van der Waals surface area (Å²) in [5.41, 5.74) is 1.52. The fourth-order valence-electron chi connectivity index (χ4n) is 2.51. The van der Waals surface area contributed by atoms with Crippen molar-refractivity contribution in [2.24, 2.45) is 0 Å². The summed E-state index contributed by atoms with van der Waals surface area (Å²) in [7, 11) is 1.60. The van der Waals surface area contributed by atoms with Gasteiger partial charge in [0.25, 0.3) is 0 Å². The molecule has 1 unspecified atom stereocenters. The predicted octanol–water partition coefficient (Wildman–Crippen LogP) is 3.64. The first kappa shape index (κ1) is 13.5. The number of aromatic hydroxyl groups is 1. The Morgan fingerprint density at radius 1 is 0.952 bits per heavy atom. The standard InChI is InChI=1S/C18H16O3/c1-21-15-6-2-5-13(10-15)18(20)16-7-3-4-12-8-9-14(19)11-17(12)16/h2-11,18-20H,1H3. The lowest BCUT2D eigenvalue weighted by Crippen LogP contribution is -2.01. The first-order chi connectivity index (χ1) is 10.2. The van der Waals surface area contributed by atoms with Crippen molar-refractivity contribution < 1.29 is 14.9 Å². The molecule has 3 aromatic rings. The number of fused-ring (bicyclic) bond motifs is 1. The average molecular weight is 280 g/mol. The summed E-state index contributed by atoms with van der Waals surface area (Å²) in [6, 6.07) is 18.2. The molecule has 3 rings (SSSR count). The lowest BCUT2D eigenvalue weighted by molar-refractivity contribution is 0.221. The van der Waals surface area contributed by atoms with E-state index in [9.17, 15) is 10.2 Å². The molecule has 3 aromatic carbocycles. The summed E-state index contributed by atoms with van der Waals surface area (Å²) >= 11 is 0. The molecule has 0 radical (unpaired) electrons. The minimum Gasteiger partial charge on any atom is -0.508 e. The monoisotopic (exact) mass is 280 g/mol. The maximum Gasteiger partial charge on any atom is 0.119 e. The van der Waals surface area contributed by atoms with Crippen molar-refractivity contribution >= 4 is 10.8 Å². The molecule has 0 saturated carbocycles. The normalized spacial score (nSPS) is 12.3. The summed E-state index contributed by atoms with van der Waals surface area (Å²) in [5.74, 6) is 0.891. The van der Waals surface area contributed by atoms with Gasteiger partial charge in [0.2, 0.25) is 0 Å². The Kier molecular flexibility index (Phi) is 3.50. The number of hydrogen-bond acceptors (Lipinski definition) is 3. The molecule has 0 aromatic heterocycles. The molecule has 3 nitrogen and oxygen atoms in total. The molecular weight excluding hydrogens is 264 g/mol. The minimum atomic E-state index is -0.773. The second-order valence-electron chi connectivity index (χ2n) is 4.93. The van der Waals surface area contributed by atoms with Crippen molar-refractivity contribution in [3.05, 3.63) is 71.8 Å². The predicted molar refractivity (Wildman–Crippen MR) is 82.7 cm³/mol. The second kappa shape index (κ2) is 5.46. The summed E-state index contributed by atoms with van der Waals surface area (Å²) in [4.78, 5) is 0.